The number of hydrogen-bond donors (Lipinski definition) is 1. The highest BCUT2D eigenvalue weighted by Gasteiger charge is 2.20. The number of halogens is 1. The number of nitrogens with one attached hydrogen (secondary N) is 1. The summed E-state index contributed by atoms with van der Waals surface area (Å²) in [6.45, 7) is 1.91. The molecule has 1 N–H and O–H groups in total. The summed E-state index contributed by atoms with van der Waals surface area (Å²) in [5.74, 6) is -0.483. The highest BCUT2D eigenvalue weighted by atomic mass is 19.1. The van der Waals surface area contributed by atoms with Crippen molar-refractivity contribution in [2.24, 2.45) is 0 Å². The van der Waals surface area contributed by atoms with E-state index in [4.69, 9.17) is 4.74 Å². The largest absolute Gasteiger partial charge is 0.495 e. The average molecular weight is 410 g/mol. The lowest BCUT2D eigenvalue weighted by molar-refractivity contribution is 0.0827. The van der Waals surface area contributed by atoms with Gasteiger partial charge in [-0.2, -0.15) is 5.10 Å². The van der Waals surface area contributed by atoms with Crippen molar-refractivity contribution in [1.82, 2.24) is 14.7 Å². The molecule has 3 rings (SSSR count). The van der Waals surface area contributed by atoms with Crippen LogP contribution in [-0.2, 0) is 6.42 Å². The summed E-state index contributed by atoms with van der Waals surface area (Å²) in [7, 11) is 4.80. The smallest absolute Gasteiger partial charge is 0.259 e. The molecule has 0 unspecified atom stereocenters. The molecule has 8 heteroatoms. The minimum Gasteiger partial charge on any atom is -0.495 e. The molecule has 3 aromatic rings. The zero-order chi connectivity index (χ0) is 21.8. The summed E-state index contributed by atoms with van der Waals surface area (Å²) >= 11 is 0. The standard InChI is InChI=1S/C22H23FN4O3/c1-5-19-17(13-24-27(19)16-9-7-15(23)8-10-16)21(28)25-18-12-14(22(29)26(2)3)6-11-20(18)30-4/h6-13H,5H2,1-4H3,(H,25,28). The van der Waals surface area contributed by atoms with Crippen molar-refractivity contribution >= 4 is 17.5 Å². The van der Waals surface area contributed by atoms with Gasteiger partial charge in [-0.3, -0.25) is 9.59 Å². The van der Waals surface area contributed by atoms with E-state index >= 15 is 0 Å². The Labute approximate surface area is 174 Å². The van der Waals surface area contributed by atoms with Crippen LogP contribution in [0.15, 0.2) is 48.7 Å². The van der Waals surface area contributed by atoms with E-state index in [0.29, 0.717) is 40.4 Å². The van der Waals surface area contributed by atoms with Gasteiger partial charge in [-0.15, -0.1) is 0 Å². The van der Waals surface area contributed by atoms with Crippen LogP contribution in [0, 0.1) is 5.82 Å². The molecule has 156 valence electrons. The molecule has 30 heavy (non-hydrogen) atoms. The summed E-state index contributed by atoms with van der Waals surface area (Å²) in [6.07, 6.45) is 2.01. The SMILES string of the molecule is CCc1c(C(=O)Nc2cc(C(=O)N(C)C)ccc2OC)cnn1-c1ccc(F)cc1. The zero-order valence-corrected chi connectivity index (χ0v) is 17.3. The Morgan fingerprint density at radius 3 is 2.47 bits per heavy atom. The van der Waals surface area contributed by atoms with Crippen LogP contribution in [0.4, 0.5) is 10.1 Å². The fraction of sp³-hybridized carbons (Fsp3) is 0.227. The lowest BCUT2D eigenvalue weighted by atomic mass is 10.1. The highest BCUT2D eigenvalue weighted by molar-refractivity contribution is 6.06. The molecule has 2 amide bonds. The molecule has 0 aliphatic carbocycles. The third kappa shape index (κ3) is 4.17. The lowest BCUT2D eigenvalue weighted by Crippen LogP contribution is -2.22. The summed E-state index contributed by atoms with van der Waals surface area (Å²) in [5.41, 5.74) is 2.52. The molecule has 0 atom stereocenters. The molecule has 1 aromatic heterocycles. The number of rotatable bonds is 6. The molecule has 0 saturated heterocycles. The van der Waals surface area contributed by atoms with Gasteiger partial charge in [0, 0.05) is 19.7 Å². The van der Waals surface area contributed by atoms with E-state index in [2.05, 4.69) is 10.4 Å². The van der Waals surface area contributed by atoms with E-state index in [0.717, 1.165) is 0 Å². The number of carbonyl (C=O) groups excluding carboxylic acids is 2. The third-order valence-electron chi connectivity index (χ3n) is 4.62. The van der Waals surface area contributed by atoms with Gasteiger partial charge < -0.3 is 15.0 Å². The number of methoxy groups -OCH3 is 1. The van der Waals surface area contributed by atoms with E-state index in [-0.39, 0.29) is 17.6 Å². The van der Waals surface area contributed by atoms with Crippen molar-refractivity contribution < 1.29 is 18.7 Å². The highest BCUT2D eigenvalue weighted by Crippen LogP contribution is 2.27. The van der Waals surface area contributed by atoms with Gasteiger partial charge in [0.25, 0.3) is 11.8 Å². The van der Waals surface area contributed by atoms with Crippen molar-refractivity contribution in [2.45, 2.75) is 13.3 Å². The number of aromatic nitrogens is 2. The normalized spacial score (nSPS) is 10.6. The molecule has 0 radical (unpaired) electrons. The Hall–Kier alpha value is -3.68. The minimum atomic E-state index is -0.382. The van der Waals surface area contributed by atoms with Crippen LogP contribution < -0.4 is 10.1 Å². The molecule has 0 saturated carbocycles. The number of nitrogens with zero attached hydrogens (tertiary/aromatic N) is 3. The monoisotopic (exact) mass is 410 g/mol. The number of anilines is 1. The summed E-state index contributed by atoms with van der Waals surface area (Å²) in [6, 6.07) is 10.7. The van der Waals surface area contributed by atoms with Gasteiger partial charge in [0.1, 0.15) is 11.6 Å². The van der Waals surface area contributed by atoms with Crippen LogP contribution in [0.5, 0.6) is 5.75 Å². The average Bonchev–Trinajstić information content (AvgIpc) is 3.17. The van der Waals surface area contributed by atoms with Gasteiger partial charge in [0.2, 0.25) is 0 Å². The van der Waals surface area contributed by atoms with Gasteiger partial charge in [0.15, 0.2) is 0 Å². The molecule has 0 spiro atoms. The van der Waals surface area contributed by atoms with Crippen LogP contribution >= 0.6 is 0 Å². The Morgan fingerprint density at radius 1 is 1.17 bits per heavy atom. The molecule has 0 bridgehead atoms. The van der Waals surface area contributed by atoms with Crippen LogP contribution in [-0.4, -0.2) is 47.7 Å². The van der Waals surface area contributed by atoms with Crippen molar-refractivity contribution in [3.63, 3.8) is 0 Å². The second kappa shape index (κ2) is 8.77. The van der Waals surface area contributed by atoms with E-state index in [1.165, 1.54) is 30.3 Å². The topological polar surface area (TPSA) is 76.5 Å². The maximum atomic E-state index is 13.2. The Bertz CT molecular complexity index is 1070. The van der Waals surface area contributed by atoms with Gasteiger partial charge in [-0.1, -0.05) is 6.92 Å². The first-order valence-corrected chi connectivity index (χ1v) is 9.39. The molecule has 7 nitrogen and oxygen atoms in total. The van der Waals surface area contributed by atoms with Gasteiger partial charge in [0.05, 0.1) is 35.9 Å². The summed E-state index contributed by atoms with van der Waals surface area (Å²) < 4.78 is 20.2. The van der Waals surface area contributed by atoms with E-state index < -0.39 is 0 Å². The first-order valence-electron chi connectivity index (χ1n) is 9.39. The number of hydrogen-bond acceptors (Lipinski definition) is 4. The molecule has 2 aromatic carbocycles. The predicted molar refractivity (Wildman–Crippen MR) is 112 cm³/mol. The van der Waals surface area contributed by atoms with Crippen LogP contribution in [0.1, 0.15) is 33.3 Å². The summed E-state index contributed by atoms with van der Waals surface area (Å²) in [4.78, 5) is 26.7. The van der Waals surface area contributed by atoms with E-state index in [9.17, 15) is 14.0 Å². The van der Waals surface area contributed by atoms with Crippen molar-refractivity contribution in [2.75, 3.05) is 26.5 Å². The zero-order valence-electron chi connectivity index (χ0n) is 17.3. The van der Waals surface area contributed by atoms with Crippen LogP contribution in [0.2, 0.25) is 0 Å². The molecular weight excluding hydrogens is 387 g/mol. The van der Waals surface area contributed by atoms with Gasteiger partial charge in [-0.05, 0) is 48.9 Å². The van der Waals surface area contributed by atoms with Crippen molar-refractivity contribution in [1.29, 1.82) is 0 Å². The fourth-order valence-electron chi connectivity index (χ4n) is 3.10. The summed E-state index contributed by atoms with van der Waals surface area (Å²) in [5, 5.41) is 7.12. The maximum absolute atomic E-state index is 13.2. The van der Waals surface area contributed by atoms with Gasteiger partial charge in [-0.25, -0.2) is 9.07 Å². The van der Waals surface area contributed by atoms with E-state index in [1.54, 1.807) is 49.1 Å². The second-order valence-corrected chi connectivity index (χ2v) is 6.82. The maximum Gasteiger partial charge on any atom is 0.259 e. The Balaban J connectivity index is 1.94. The van der Waals surface area contributed by atoms with Gasteiger partial charge >= 0.3 is 0 Å². The molecular formula is C22H23FN4O3. The quantitative estimate of drug-likeness (QED) is 0.674. The fourth-order valence-corrected chi connectivity index (χ4v) is 3.10. The van der Waals surface area contributed by atoms with Crippen molar-refractivity contribution in [3.8, 4) is 11.4 Å². The minimum absolute atomic E-state index is 0.188. The molecule has 0 aliphatic rings. The number of benzene rings is 2. The van der Waals surface area contributed by atoms with Crippen LogP contribution in [0.25, 0.3) is 5.69 Å². The molecule has 0 fully saturated rings. The second-order valence-electron chi connectivity index (χ2n) is 6.82. The number of amides is 2. The third-order valence-corrected chi connectivity index (χ3v) is 4.62. The first kappa shape index (κ1) is 21.0. The number of ether oxygens (including phenoxy) is 1. The Morgan fingerprint density at radius 2 is 1.87 bits per heavy atom. The van der Waals surface area contributed by atoms with Crippen LogP contribution in [0.3, 0.4) is 0 Å². The van der Waals surface area contributed by atoms with E-state index in [1.807, 2.05) is 6.92 Å². The van der Waals surface area contributed by atoms with Crippen molar-refractivity contribution in [3.05, 3.63) is 71.3 Å². The lowest BCUT2D eigenvalue weighted by Gasteiger charge is -2.14. The Kier molecular flexibility index (Phi) is 6.15. The molecule has 1 heterocycles. The predicted octanol–water partition coefficient (Wildman–Crippen LogP) is 3.54. The number of carbonyl (C=O) groups is 2. The first-order chi connectivity index (χ1) is 14.3. The molecule has 0 aliphatic heterocycles.